The fourth-order valence-electron chi connectivity index (χ4n) is 1.53. The third kappa shape index (κ3) is 5.15. The number of hydrogen-bond acceptors (Lipinski definition) is 3. The maximum atomic E-state index is 13.0. The molecule has 4 heteroatoms. The molecule has 2 N–H and O–H groups in total. The average Bonchev–Trinajstić information content (AvgIpc) is 2.32. The molecule has 1 aromatic carbocycles. The first-order valence-electron chi connectivity index (χ1n) is 5.97. The summed E-state index contributed by atoms with van der Waals surface area (Å²) in [6.45, 7) is 4.42. The van der Waals surface area contributed by atoms with E-state index in [1.54, 1.807) is 6.07 Å². The molecule has 0 amide bonds. The molecule has 0 bridgehead atoms. The first-order chi connectivity index (χ1) is 8.27. The summed E-state index contributed by atoms with van der Waals surface area (Å²) in [5.74, 6) is 0.462. The molecule has 1 rings (SSSR count). The second-order valence-electron chi connectivity index (χ2n) is 3.69. The van der Waals surface area contributed by atoms with E-state index in [-0.39, 0.29) is 5.82 Å². The van der Waals surface area contributed by atoms with Crippen LogP contribution < -0.4 is 10.5 Å². The summed E-state index contributed by atoms with van der Waals surface area (Å²) in [4.78, 5) is 0. The molecule has 0 aliphatic carbocycles. The zero-order valence-corrected chi connectivity index (χ0v) is 10.2. The maximum absolute atomic E-state index is 13.0. The van der Waals surface area contributed by atoms with Crippen LogP contribution >= 0.6 is 0 Å². The van der Waals surface area contributed by atoms with Gasteiger partial charge in [-0.3, -0.25) is 0 Å². The van der Waals surface area contributed by atoms with Gasteiger partial charge in [0.05, 0.1) is 6.61 Å². The van der Waals surface area contributed by atoms with E-state index in [1.165, 1.54) is 12.1 Å². The van der Waals surface area contributed by atoms with E-state index >= 15 is 0 Å². The Morgan fingerprint density at radius 3 is 2.82 bits per heavy atom. The zero-order valence-electron chi connectivity index (χ0n) is 10.2. The predicted octanol–water partition coefficient (Wildman–Crippen LogP) is 2.13. The van der Waals surface area contributed by atoms with Gasteiger partial charge >= 0.3 is 0 Å². The van der Waals surface area contributed by atoms with Crippen molar-refractivity contribution in [1.29, 1.82) is 0 Å². The monoisotopic (exact) mass is 241 g/mol. The van der Waals surface area contributed by atoms with Crippen LogP contribution in [0, 0.1) is 5.82 Å². The van der Waals surface area contributed by atoms with Crippen LogP contribution in [0.2, 0.25) is 0 Å². The largest absolute Gasteiger partial charge is 0.493 e. The van der Waals surface area contributed by atoms with Gasteiger partial charge < -0.3 is 15.2 Å². The van der Waals surface area contributed by atoms with Crippen molar-refractivity contribution in [3.05, 3.63) is 29.6 Å². The van der Waals surface area contributed by atoms with Crippen molar-refractivity contribution >= 4 is 0 Å². The predicted molar refractivity (Wildman–Crippen MR) is 65.8 cm³/mol. The molecular formula is C13H20FNO2. The first-order valence-corrected chi connectivity index (χ1v) is 5.97. The van der Waals surface area contributed by atoms with Gasteiger partial charge in [0.2, 0.25) is 0 Å². The summed E-state index contributed by atoms with van der Waals surface area (Å²) in [5.41, 5.74) is 6.30. The molecule has 0 atom stereocenters. The third-order valence-electron chi connectivity index (χ3n) is 2.33. The highest BCUT2D eigenvalue weighted by molar-refractivity contribution is 5.34. The minimum Gasteiger partial charge on any atom is -0.493 e. The van der Waals surface area contributed by atoms with Crippen molar-refractivity contribution in [1.82, 2.24) is 0 Å². The van der Waals surface area contributed by atoms with Crippen LogP contribution in [0.4, 0.5) is 4.39 Å². The zero-order chi connectivity index (χ0) is 12.5. The minimum absolute atomic E-state index is 0.255. The Balaban J connectivity index is 2.45. The normalized spacial score (nSPS) is 10.5. The SMILES string of the molecule is CCOCCCOc1ccc(F)cc1CCN. The molecule has 0 spiro atoms. The van der Waals surface area contributed by atoms with E-state index in [9.17, 15) is 4.39 Å². The Hall–Kier alpha value is -1.13. The average molecular weight is 241 g/mol. The van der Waals surface area contributed by atoms with Crippen LogP contribution in [0.15, 0.2) is 18.2 Å². The van der Waals surface area contributed by atoms with Crippen LogP contribution in [0.3, 0.4) is 0 Å². The van der Waals surface area contributed by atoms with Crippen LogP contribution in [0.25, 0.3) is 0 Å². The quantitative estimate of drug-likeness (QED) is 0.709. The summed E-state index contributed by atoms with van der Waals surface area (Å²) in [6.07, 6.45) is 1.45. The van der Waals surface area contributed by atoms with E-state index in [2.05, 4.69) is 0 Å². The van der Waals surface area contributed by atoms with Crippen molar-refractivity contribution in [2.45, 2.75) is 19.8 Å². The van der Waals surface area contributed by atoms with Gasteiger partial charge in [0.25, 0.3) is 0 Å². The summed E-state index contributed by atoms with van der Waals surface area (Å²) >= 11 is 0. The molecule has 0 heterocycles. The van der Waals surface area contributed by atoms with Crippen LogP contribution in [0.5, 0.6) is 5.75 Å². The number of rotatable bonds is 8. The Labute approximate surface area is 102 Å². The summed E-state index contributed by atoms with van der Waals surface area (Å²) < 4.78 is 23.8. The fourth-order valence-corrected chi connectivity index (χ4v) is 1.53. The van der Waals surface area contributed by atoms with Crippen molar-refractivity contribution < 1.29 is 13.9 Å². The van der Waals surface area contributed by atoms with Gasteiger partial charge in [0.1, 0.15) is 11.6 Å². The minimum atomic E-state index is -0.255. The van der Waals surface area contributed by atoms with E-state index in [1.807, 2.05) is 6.92 Å². The van der Waals surface area contributed by atoms with Crippen molar-refractivity contribution in [2.24, 2.45) is 5.73 Å². The summed E-state index contributed by atoms with van der Waals surface area (Å²) in [6, 6.07) is 4.53. The van der Waals surface area contributed by atoms with Crippen molar-refractivity contribution in [2.75, 3.05) is 26.4 Å². The van der Waals surface area contributed by atoms with E-state index < -0.39 is 0 Å². The molecule has 0 saturated carbocycles. The molecule has 0 aliphatic heterocycles. The van der Waals surface area contributed by atoms with Gasteiger partial charge in [-0.1, -0.05) is 0 Å². The lowest BCUT2D eigenvalue weighted by Gasteiger charge is -2.11. The van der Waals surface area contributed by atoms with Gasteiger partial charge in [0.15, 0.2) is 0 Å². The topological polar surface area (TPSA) is 44.5 Å². The van der Waals surface area contributed by atoms with E-state index in [4.69, 9.17) is 15.2 Å². The molecule has 0 saturated heterocycles. The number of benzene rings is 1. The standard InChI is InChI=1S/C13H20FNO2/c1-2-16-8-3-9-17-13-5-4-12(14)10-11(13)6-7-15/h4-5,10H,2-3,6-9,15H2,1H3. The Bertz CT molecular complexity index is 331. The molecule has 17 heavy (non-hydrogen) atoms. The summed E-state index contributed by atoms with van der Waals surface area (Å²) in [7, 11) is 0. The molecule has 0 fully saturated rings. The molecule has 96 valence electrons. The Morgan fingerprint density at radius 2 is 2.12 bits per heavy atom. The number of halogens is 1. The smallest absolute Gasteiger partial charge is 0.123 e. The number of ether oxygens (including phenoxy) is 2. The van der Waals surface area contributed by atoms with Gasteiger partial charge in [-0.2, -0.15) is 0 Å². The Morgan fingerprint density at radius 1 is 1.29 bits per heavy atom. The fraction of sp³-hybridized carbons (Fsp3) is 0.538. The highest BCUT2D eigenvalue weighted by atomic mass is 19.1. The molecule has 0 unspecified atom stereocenters. The van der Waals surface area contributed by atoms with Crippen LogP contribution in [0.1, 0.15) is 18.9 Å². The van der Waals surface area contributed by atoms with E-state index in [0.29, 0.717) is 31.9 Å². The third-order valence-corrected chi connectivity index (χ3v) is 2.33. The van der Waals surface area contributed by atoms with Gasteiger partial charge in [0, 0.05) is 19.6 Å². The molecule has 0 aliphatic rings. The molecular weight excluding hydrogens is 221 g/mol. The molecule has 0 aromatic heterocycles. The van der Waals surface area contributed by atoms with Crippen molar-refractivity contribution in [3.8, 4) is 5.75 Å². The number of nitrogens with two attached hydrogens (primary N) is 1. The van der Waals surface area contributed by atoms with Gasteiger partial charge in [-0.15, -0.1) is 0 Å². The van der Waals surface area contributed by atoms with Gasteiger partial charge in [-0.25, -0.2) is 4.39 Å². The van der Waals surface area contributed by atoms with Crippen LogP contribution in [-0.4, -0.2) is 26.4 Å². The maximum Gasteiger partial charge on any atom is 0.123 e. The van der Waals surface area contributed by atoms with Crippen molar-refractivity contribution in [3.63, 3.8) is 0 Å². The van der Waals surface area contributed by atoms with Gasteiger partial charge in [-0.05, 0) is 43.7 Å². The molecule has 3 nitrogen and oxygen atoms in total. The summed E-state index contributed by atoms with van der Waals surface area (Å²) in [5, 5.41) is 0. The Kier molecular flexibility index (Phi) is 6.58. The van der Waals surface area contributed by atoms with E-state index in [0.717, 1.165) is 18.6 Å². The molecule has 0 radical (unpaired) electrons. The lowest BCUT2D eigenvalue weighted by Crippen LogP contribution is -2.08. The molecule has 1 aromatic rings. The highest BCUT2D eigenvalue weighted by Crippen LogP contribution is 2.20. The second-order valence-corrected chi connectivity index (χ2v) is 3.69. The first kappa shape index (κ1) is 13.9. The lowest BCUT2D eigenvalue weighted by atomic mass is 10.1. The second kappa shape index (κ2) is 8.03. The highest BCUT2D eigenvalue weighted by Gasteiger charge is 2.04. The number of hydrogen-bond donors (Lipinski definition) is 1. The lowest BCUT2D eigenvalue weighted by molar-refractivity contribution is 0.130. The van der Waals surface area contributed by atoms with Crippen LogP contribution in [-0.2, 0) is 11.2 Å².